The van der Waals surface area contributed by atoms with Crippen molar-refractivity contribution in [2.45, 2.75) is 110 Å². The fraction of sp³-hybridized carbons (Fsp3) is 0.657. The Bertz CT molecular complexity index is 1020. The van der Waals surface area contributed by atoms with Crippen LogP contribution in [0.5, 0.6) is 0 Å². The number of hydrogen-bond acceptors (Lipinski definition) is 4. The summed E-state index contributed by atoms with van der Waals surface area (Å²) < 4.78 is 24.5. The highest BCUT2D eigenvalue weighted by molar-refractivity contribution is 6.62. The molecule has 0 bridgehead atoms. The van der Waals surface area contributed by atoms with Crippen LogP contribution in [0.4, 0.5) is 0 Å². The van der Waals surface area contributed by atoms with Crippen molar-refractivity contribution < 1.29 is 18.6 Å². The van der Waals surface area contributed by atoms with E-state index in [2.05, 4.69) is 64.1 Å². The Balaban J connectivity index is 1.65. The van der Waals surface area contributed by atoms with Gasteiger partial charge in [0.2, 0.25) is 0 Å². The van der Waals surface area contributed by atoms with Crippen LogP contribution in [0.25, 0.3) is 11.1 Å². The number of rotatable bonds is 14. The minimum Gasteiger partial charge on any atom is -0.407 e. The van der Waals surface area contributed by atoms with Gasteiger partial charge in [-0.1, -0.05) is 115 Å². The Kier molecular flexibility index (Phi) is 11.1. The van der Waals surface area contributed by atoms with E-state index in [0.29, 0.717) is 11.8 Å². The maximum absolute atomic E-state index is 6.12. The normalized spacial score (nSPS) is 19.6. The molecule has 0 amide bonds. The lowest BCUT2D eigenvalue weighted by Gasteiger charge is -2.39. The Morgan fingerprint density at radius 1 is 0.634 bits per heavy atom. The van der Waals surface area contributed by atoms with Gasteiger partial charge >= 0.3 is 14.2 Å². The fourth-order valence-electron chi connectivity index (χ4n) is 7.58. The Labute approximate surface area is 250 Å². The van der Waals surface area contributed by atoms with Crippen LogP contribution in [-0.2, 0) is 24.0 Å². The third-order valence-electron chi connectivity index (χ3n) is 9.97. The average Bonchev–Trinajstić information content (AvgIpc) is 3.30. The first-order chi connectivity index (χ1) is 20.1. The molecule has 2 atom stereocenters. The Morgan fingerprint density at radius 3 is 1.41 bits per heavy atom. The van der Waals surface area contributed by atoms with E-state index in [1.54, 1.807) is 0 Å². The molecule has 1 aliphatic carbocycles. The Morgan fingerprint density at radius 2 is 1.05 bits per heavy atom. The second-order valence-electron chi connectivity index (χ2n) is 12.8. The predicted octanol–water partition coefficient (Wildman–Crippen LogP) is 7.43. The molecule has 2 aliphatic heterocycles. The SMILES string of the molecule is CCCC[C@@H](CC)CC1(C[C@@H](CC)CCCC)c2cc(B3OCCCO3)ccc2-c2ccc(B3OCCCO3)cc21. The van der Waals surface area contributed by atoms with Gasteiger partial charge < -0.3 is 18.6 Å². The zero-order valence-corrected chi connectivity index (χ0v) is 26.2. The van der Waals surface area contributed by atoms with Crippen molar-refractivity contribution in [3.8, 4) is 11.1 Å². The molecule has 5 rings (SSSR count). The number of benzene rings is 2. The smallest absolute Gasteiger partial charge is 0.407 e. The van der Waals surface area contributed by atoms with Gasteiger partial charge in [-0.15, -0.1) is 0 Å². The van der Waals surface area contributed by atoms with Crippen molar-refractivity contribution in [1.82, 2.24) is 0 Å². The van der Waals surface area contributed by atoms with Crippen molar-refractivity contribution in [1.29, 1.82) is 0 Å². The monoisotopic (exact) mass is 558 g/mol. The van der Waals surface area contributed by atoms with E-state index in [9.17, 15) is 0 Å². The number of unbranched alkanes of at least 4 members (excludes halogenated alkanes) is 2. The van der Waals surface area contributed by atoms with Gasteiger partial charge in [0.05, 0.1) is 0 Å². The highest BCUT2D eigenvalue weighted by atomic mass is 16.6. The second-order valence-corrected chi connectivity index (χ2v) is 12.8. The van der Waals surface area contributed by atoms with Gasteiger partial charge in [0, 0.05) is 31.8 Å². The molecule has 41 heavy (non-hydrogen) atoms. The van der Waals surface area contributed by atoms with Crippen LogP contribution in [0.15, 0.2) is 36.4 Å². The van der Waals surface area contributed by atoms with Crippen molar-refractivity contribution >= 4 is 25.2 Å². The fourth-order valence-corrected chi connectivity index (χ4v) is 7.58. The summed E-state index contributed by atoms with van der Waals surface area (Å²) in [5.41, 5.74) is 8.08. The third-order valence-corrected chi connectivity index (χ3v) is 9.97. The molecule has 3 aliphatic rings. The molecule has 0 saturated carbocycles. The number of fused-ring (bicyclic) bond motifs is 3. The van der Waals surface area contributed by atoms with Crippen LogP contribution in [0.1, 0.15) is 116 Å². The molecular weight excluding hydrogens is 506 g/mol. The molecule has 2 aromatic carbocycles. The molecule has 2 fully saturated rings. The van der Waals surface area contributed by atoms with E-state index >= 15 is 0 Å². The van der Waals surface area contributed by atoms with Crippen molar-refractivity contribution in [3.63, 3.8) is 0 Å². The molecular formula is C35H52B2O4. The van der Waals surface area contributed by atoms with Gasteiger partial charge in [-0.25, -0.2) is 0 Å². The van der Waals surface area contributed by atoms with Gasteiger partial charge in [0.15, 0.2) is 0 Å². The van der Waals surface area contributed by atoms with E-state index in [1.165, 1.54) is 97.4 Å². The van der Waals surface area contributed by atoms with Crippen molar-refractivity contribution in [3.05, 3.63) is 47.5 Å². The van der Waals surface area contributed by atoms with E-state index < -0.39 is 0 Å². The number of hydrogen-bond donors (Lipinski definition) is 0. The van der Waals surface area contributed by atoms with Crippen LogP contribution >= 0.6 is 0 Å². The molecule has 0 N–H and O–H groups in total. The van der Waals surface area contributed by atoms with Crippen LogP contribution in [0, 0.1) is 11.8 Å². The molecule has 222 valence electrons. The second kappa shape index (κ2) is 14.7. The zero-order chi connectivity index (χ0) is 28.7. The van der Waals surface area contributed by atoms with Crippen LogP contribution in [0.2, 0.25) is 0 Å². The maximum Gasteiger partial charge on any atom is 0.493 e. The summed E-state index contributed by atoms with van der Waals surface area (Å²) in [6.45, 7) is 12.5. The standard InChI is InChI=1S/C35H52B2O4/c1-5-9-13-27(7-3)25-35(26-28(8-4)14-10-6-2)33-23-29(36-38-19-11-20-39-36)15-17-31(33)32-18-16-30(24-34(32)35)37-40-21-12-22-41-37/h15-18,23-24,27-28H,5-14,19-22,25-26H2,1-4H3/t27-,28+. The van der Waals surface area contributed by atoms with Gasteiger partial charge in [0.25, 0.3) is 0 Å². The van der Waals surface area contributed by atoms with Crippen molar-refractivity contribution in [2.24, 2.45) is 11.8 Å². The summed E-state index contributed by atoms with van der Waals surface area (Å²) in [6.07, 6.45) is 14.5. The van der Waals surface area contributed by atoms with Gasteiger partial charge in [0.1, 0.15) is 0 Å². The van der Waals surface area contributed by atoms with Gasteiger partial charge in [-0.3, -0.25) is 0 Å². The van der Waals surface area contributed by atoms with Crippen LogP contribution in [-0.4, -0.2) is 40.7 Å². The summed E-state index contributed by atoms with van der Waals surface area (Å²) in [7, 11) is -0.529. The third kappa shape index (κ3) is 6.82. The first kappa shape index (κ1) is 30.9. The summed E-state index contributed by atoms with van der Waals surface area (Å²) in [5, 5.41) is 0. The lowest BCUT2D eigenvalue weighted by Crippen LogP contribution is -2.42. The van der Waals surface area contributed by atoms with Crippen LogP contribution < -0.4 is 10.9 Å². The van der Waals surface area contributed by atoms with Crippen molar-refractivity contribution in [2.75, 3.05) is 26.4 Å². The van der Waals surface area contributed by atoms with Gasteiger partial charge in [-0.05, 0) is 70.7 Å². The summed E-state index contributed by atoms with van der Waals surface area (Å²) in [6, 6.07) is 14.2. The largest absolute Gasteiger partial charge is 0.493 e. The first-order valence-electron chi connectivity index (χ1n) is 16.9. The summed E-state index contributed by atoms with van der Waals surface area (Å²) in [5.74, 6) is 1.38. The van der Waals surface area contributed by atoms with E-state index in [1.807, 2.05) is 0 Å². The minimum atomic E-state index is -0.265. The topological polar surface area (TPSA) is 36.9 Å². The van der Waals surface area contributed by atoms with Crippen LogP contribution in [0.3, 0.4) is 0 Å². The van der Waals surface area contributed by atoms with E-state index in [0.717, 1.165) is 39.3 Å². The van der Waals surface area contributed by atoms with Gasteiger partial charge in [-0.2, -0.15) is 0 Å². The molecule has 4 nitrogen and oxygen atoms in total. The summed E-state index contributed by atoms with van der Waals surface area (Å²) >= 11 is 0. The Hall–Kier alpha value is -1.59. The van der Waals surface area contributed by atoms with E-state index in [-0.39, 0.29) is 19.7 Å². The molecule has 0 aromatic heterocycles. The lowest BCUT2D eigenvalue weighted by molar-refractivity contribution is 0.143. The maximum atomic E-state index is 6.12. The molecule has 6 heteroatoms. The zero-order valence-electron chi connectivity index (χ0n) is 26.2. The highest BCUT2D eigenvalue weighted by Gasteiger charge is 2.46. The molecule has 2 saturated heterocycles. The molecule has 0 spiro atoms. The molecule has 2 aromatic rings. The quantitative estimate of drug-likeness (QED) is 0.226. The average molecular weight is 558 g/mol. The molecule has 0 unspecified atom stereocenters. The minimum absolute atomic E-state index is 0.0388. The highest BCUT2D eigenvalue weighted by Crippen LogP contribution is 2.56. The first-order valence-corrected chi connectivity index (χ1v) is 16.9. The molecule has 2 heterocycles. The predicted molar refractivity (Wildman–Crippen MR) is 172 cm³/mol. The molecule has 0 radical (unpaired) electrons. The lowest BCUT2D eigenvalue weighted by atomic mass is 9.63. The van der Waals surface area contributed by atoms with E-state index in [4.69, 9.17) is 18.6 Å². The summed E-state index contributed by atoms with van der Waals surface area (Å²) in [4.78, 5) is 0.